The van der Waals surface area contributed by atoms with Gasteiger partial charge in [0.25, 0.3) is 0 Å². The summed E-state index contributed by atoms with van der Waals surface area (Å²) in [7, 11) is 0. The molecule has 1 aliphatic heterocycles. The lowest BCUT2D eigenvalue weighted by Gasteiger charge is -2.34. The molecule has 0 spiro atoms. The summed E-state index contributed by atoms with van der Waals surface area (Å²) in [4.78, 5) is 12.7. The molecule has 1 heterocycles. The molecule has 0 amide bonds. The van der Waals surface area contributed by atoms with Gasteiger partial charge in [-0.1, -0.05) is 74.4 Å². The molecule has 5 rings (SSSR count). The molecule has 2 aliphatic carbocycles. The Morgan fingerprint density at radius 3 is 2.42 bits per heavy atom. The van der Waals surface area contributed by atoms with Crippen molar-refractivity contribution in [2.75, 3.05) is 13.2 Å². The van der Waals surface area contributed by atoms with Gasteiger partial charge in [0.1, 0.15) is 0 Å². The maximum atomic E-state index is 12.7. The van der Waals surface area contributed by atoms with Gasteiger partial charge in [-0.15, -0.1) is 0 Å². The van der Waals surface area contributed by atoms with Crippen LogP contribution in [0.2, 0.25) is 0 Å². The summed E-state index contributed by atoms with van der Waals surface area (Å²) in [6, 6.07) is 15.8. The van der Waals surface area contributed by atoms with Crippen LogP contribution in [0.3, 0.4) is 0 Å². The molecule has 0 atom stereocenters. The minimum atomic E-state index is 0.158. The van der Waals surface area contributed by atoms with Gasteiger partial charge in [0.15, 0.2) is 5.78 Å². The number of fused-ring (bicyclic) bond motifs is 1. The van der Waals surface area contributed by atoms with Gasteiger partial charge in [-0.2, -0.15) is 0 Å². The lowest BCUT2D eigenvalue weighted by Crippen LogP contribution is -2.30. The minimum absolute atomic E-state index is 0.158. The quantitative estimate of drug-likeness (QED) is 0.535. The van der Waals surface area contributed by atoms with Crippen molar-refractivity contribution in [1.29, 1.82) is 0 Å². The first-order valence-corrected chi connectivity index (χ1v) is 11.9. The highest BCUT2D eigenvalue weighted by molar-refractivity contribution is 6.29. The third-order valence-electron chi connectivity index (χ3n) is 7.55. The highest BCUT2D eigenvalue weighted by Crippen LogP contribution is 2.35. The summed E-state index contributed by atoms with van der Waals surface area (Å²) in [6.45, 7) is 4.07. The van der Waals surface area contributed by atoms with E-state index >= 15 is 0 Å². The number of carbonyl (C=O) groups excluding carboxylic acids is 1. The Balaban J connectivity index is 1.38. The Morgan fingerprint density at radius 1 is 0.968 bits per heavy atom. The van der Waals surface area contributed by atoms with Gasteiger partial charge in [-0.05, 0) is 77.3 Å². The zero-order valence-electron chi connectivity index (χ0n) is 18.5. The number of ether oxygens (including phenoxy) is 1. The van der Waals surface area contributed by atoms with Crippen molar-refractivity contribution in [3.8, 4) is 0 Å². The fraction of sp³-hybridized carbons (Fsp3) is 0.414. The van der Waals surface area contributed by atoms with Gasteiger partial charge in [-0.25, -0.2) is 0 Å². The van der Waals surface area contributed by atoms with E-state index in [1.54, 1.807) is 6.08 Å². The number of allylic oxidation sites excluding steroid dienone is 3. The van der Waals surface area contributed by atoms with E-state index in [0.717, 1.165) is 49.2 Å². The first-order chi connectivity index (χ1) is 15.1. The Labute approximate surface area is 186 Å². The van der Waals surface area contributed by atoms with Crippen molar-refractivity contribution in [2.24, 2.45) is 5.92 Å². The van der Waals surface area contributed by atoms with Crippen LogP contribution in [0, 0.1) is 5.92 Å². The molecule has 31 heavy (non-hydrogen) atoms. The lowest BCUT2D eigenvalue weighted by atomic mass is 9.76. The van der Waals surface area contributed by atoms with Crippen molar-refractivity contribution < 1.29 is 9.53 Å². The Kier molecular flexibility index (Phi) is 5.67. The zero-order chi connectivity index (χ0) is 21.3. The van der Waals surface area contributed by atoms with E-state index in [-0.39, 0.29) is 11.2 Å². The maximum Gasteiger partial charge on any atom is 0.186 e. The van der Waals surface area contributed by atoms with Crippen LogP contribution < -0.4 is 0 Å². The number of benzene rings is 2. The fourth-order valence-corrected chi connectivity index (χ4v) is 5.38. The lowest BCUT2D eigenvalue weighted by molar-refractivity contribution is -0.109. The molecule has 1 saturated carbocycles. The fourth-order valence-electron chi connectivity index (χ4n) is 5.38. The van der Waals surface area contributed by atoms with Gasteiger partial charge in [0, 0.05) is 18.8 Å². The van der Waals surface area contributed by atoms with Crippen LogP contribution in [-0.2, 0) is 21.4 Å². The van der Waals surface area contributed by atoms with Crippen molar-refractivity contribution in [3.63, 3.8) is 0 Å². The van der Waals surface area contributed by atoms with E-state index in [1.807, 2.05) is 6.08 Å². The second-order valence-corrected chi connectivity index (χ2v) is 9.79. The van der Waals surface area contributed by atoms with Gasteiger partial charge >= 0.3 is 0 Å². The smallest absolute Gasteiger partial charge is 0.186 e. The van der Waals surface area contributed by atoms with E-state index in [4.69, 9.17) is 4.74 Å². The van der Waals surface area contributed by atoms with E-state index in [0.29, 0.717) is 5.92 Å². The molecule has 0 unspecified atom stereocenters. The molecule has 2 heteroatoms. The SMILES string of the molecule is CC1(c2ccc(Cc3ccc4c(c3)C(=CC3CCCC3)C(=O)C=C4)cc2)CCOCC1. The largest absolute Gasteiger partial charge is 0.381 e. The molecule has 0 bridgehead atoms. The molecular weight excluding hydrogens is 380 g/mol. The molecule has 160 valence electrons. The van der Waals surface area contributed by atoms with Crippen LogP contribution in [-0.4, -0.2) is 19.0 Å². The van der Waals surface area contributed by atoms with Crippen LogP contribution in [0.15, 0.2) is 54.6 Å². The van der Waals surface area contributed by atoms with E-state index in [1.165, 1.54) is 42.4 Å². The van der Waals surface area contributed by atoms with Crippen LogP contribution in [0.25, 0.3) is 11.6 Å². The van der Waals surface area contributed by atoms with Crippen molar-refractivity contribution in [1.82, 2.24) is 0 Å². The van der Waals surface area contributed by atoms with Crippen LogP contribution in [0.4, 0.5) is 0 Å². The second-order valence-electron chi connectivity index (χ2n) is 9.79. The van der Waals surface area contributed by atoms with E-state index in [9.17, 15) is 4.79 Å². The van der Waals surface area contributed by atoms with Gasteiger partial charge in [-0.3, -0.25) is 4.79 Å². The zero-order valence-corrected chi connectivity index (χ0v) is 18.5. The molecule has 2 aromatic carbocycles. The number of hydrogen-bond acceptors (Lipinski definition) is 2. The van der Waals surface area contributed by atoms with Gasteiger partial charge < -0.3 is 4.74 Å². The maximum absolute atomic E-state index is 12.7. The van der Waals surface area contributed by atoms with Crippen molar-refractivity contribution in [3.05, 3.63) is 82.4 Å². The average Bonchev–Trinajstić information content (AvgIpc) is 3.30. The third-order valence-corrected chi connectivity index (χ3v) is 7.55. The normalized spacial score (nSPS) is 22.1. The summed E-state index contributed by atoms with van der Waals surface area (Å²) in [5.41, 5.74) is 7.42. The number of carbonyl (C=O) groups is 1. The van der Waals surface area contributed by atoms with E-state index in [2.05, 4.69) is 55.5 Å². The highest BCUT2D eigenvalue weighted by atomic mass is 16.5. The summed E-state index contributed by atoms with van der Waals surface area (Å²) >= 11 is 0. The minimum Gasteiger partial charge on any atom is -0.381 e. The molecule has 1 saturated heterocycles. The molecule has 0 aromatic heterocycles. The molecule has 0 N–H and O–H groups in total. The van der Waals surface area contributed by atoms with Gasteiger partial charge in [0.05, 0.1) is 0 Å². The molecule has 2 aromatic rings. The van der Waals surface area contributed by atoms with Crippen LogP contribution >= 0.6 is 0 Å². The summed E-state index contributed by atoms with van der Waals surface area (Å²) in [6.07, 6.45) is 14.0. The second kappa shape index (κ2) is 8.59. The highest BCUT2D eigenvalue weighted by Gasteiger charge is 2.29. The van der Waals surface area contributed by atoms with Crippen LogP contribution in [0.1, 0.15) is 73.3 Å². The standard InChI is InChI=1S/C29H32O2/c1-29(14-16-31-17-15-29)25-11-7-22(8-12-25)18-23-6-9-24-10-13-28(30)27(26(24)20-23)19-21-4-2-3-5-21/h6-13,19-21H,2-5,14-18H2,1H3. The van der Waals surface area contributed by atoms with Crippen LogP contribution in [0.5, 0.6) is 0 Å². The van der Waals surface area contributed by atoms with Gasteiger partial charge in [0.2, 0.25) is 0 Å². The van der Waals surface area contributed by atoms with Crippen molar-refractivity contribution >= 4 is 17.4 Å². The number of rotatable bonds is 4. The molecular formula is C29H32O2. The predicted octanol–water partition coefficient (Wildman–Crippen LogP) is 6.52. The Hall–Kier alpha value is -2.45. The summed E-state index contributed by atoms with van der Waals surface area (Å²) in [5.74, 6) is 0.715. The Morgan fingerprint density at radius 2 is 1.68 bits per heavy atom. The first kappa shape index (κ1) is 20.5. The first-order valence-electron chi connectivity index (χ1n) is 11.9. The van der Waals surface area contributed by atoms with E-state index < -0.39 is 0 Å². The van der Waals surface area contributed by atoms with Crippen molar-refractivity contribution in [2.45, 2.75) is 57.3 Å². The monoisotopic (exact) mass is 412 g/mol. The number of hydrogen-bond donors (Lipinski definition) is 0. The number of ketones is 1. The summed E-state index contributed by atoms with van der Waals surface area (Å²) in [5, 5.41) is 0. The Bertz CT molecular complexity index is 1010. The molecule has 0 radical (unpaired) electrons. The predicted molar refractivity (Wildman–Crippen MR) is 127 cm³/mol. The molecule has 2 fully saturated rings. The summed E-state index contributed by atoms with van der Waals surface area (Å²) < 4.78 is 5.56. The third kappa shape index (κ3) is 4.32. The topological polar surface area (TPSA) is 26.3 Å². The average molecular weight is 413 g/mol. The molecule has 3 aliphatic rings. The molecule has 2 nitrogen and oxygen atoms in total.